The molecular formula is C29H33Cl2N3O4S. The monoisotopic (exact) mass is 589 g/mol. The van der Waals surface area contributed by atoms with E-state index in [9.17, 15) is 18.0 Å². The lowest BCUT2D eigenvalue weighted by Crippen LogP contribution is -2.52. The molecule has 0 spiro atoms. The standard InChI is InChI=1S/C29H33Cl2N3O4S/c1-5-21(3)32-29(36)22(4)33(18-23-11-9-10-14-26(23)31)28(35)19-34(27-16-15-24(30)17-20(27)2)39(37,38)25-12-7-6-8-13-25/h6-17,21-22H,5,18-19H2,1-4H3,(H,32,36)/t21-,22-/m0/s1. The molecule has 7 nitrogen and oxygen atoms in total. The fraction of sp³-hybridized carbons (Fsp3) is 0.310. The Morgan fingerprint density at radius 3 is 2.21 bits per heavy atom. The Kier molecular flexibility index (Phi) is 10.4. The van der Waals surface area contributed by atoms with Crippen molar-refractivity contribution in [1.82, 2.24) is 10.2 Å². The molecule has 0 fully saturated rings. The van der Waals surface area contributed by atoms with Crippen molar-refractivity contribution in [3.8, 4) is 0 Å². The molecule has 39 heavy (non-hydrogen) atoms. The second-order valence-corrected chi connectivity index (χ2v) is 12.1. The van der Waals surface area contributed by atoms with Gasteiger partial charge in [0.05, 0.1) is 10.6 Å². The van der Waals surface area contributed by atoms with Gasteiger partial charge in [-0.05, 0) is 74.7 Å². The minimum Gasteiger partial charge on any atom is -0.352 e. The van der Waals surface area contributed by atoms with Crippen molar-refractivity contribution in [2.24, 2.45) is 0 Å². The summed E-state index contributed by atoms with van der Waals surface area (Å²) in [6.45, 7) is 6.65. The van der Waals surface area contributed by atoms with Gasteiger partial charge in [-0.25, -0.2) is 8.42 Å². The number of hydrogen-bond acceptors (Lipinski definition) is 4. The highest BCUT2D eigenvalue weighted by Crippen LogP contribution is 2.29. The van der Waals surface area contributed by atoms with E-state index < -0.39 is 28.5 Å². The zero-order valence-corrected chi connectivity index (χ0v) is 24.7. The molecule has 0 aliphatic heterocycles. The summed E-state index contributed by atoms with van der Waals surface area (Å²) in [6, 6.07) is 18.7. The Labute approximate surface area is 240 Å². The third-order valence-corrected chi connectivity index (χ3v) is 8.88. The van der Waals surface area contributed by atoms with Gasteiger partial charge < -0.3 is 10.2 Å². The molecule has 2 amide bonds. The van der Waals surface area contributed by atoms with Gasteiger partial charge in [-0.3, -0.25) is 13.9 Å². The minimum atomic E-state index is -4.15. The maximum atomic E-state index is 14.0. The molecule has 1 N–H and O–H groups in total. The van der Waals surface area contributed by atoms with E-state index in [0.29, 0.717) is 26.9 Å². The number of sulfonamides is 1. The lowest BCUT2D eigenvalue weighted by atomic mass is 10.1. The number of halogens is 2. The van der Waals surface area contributed by atoms with Crippen molar-refractivity contribution in [2.75, 3.05) is 10.8 Å². The van der Waals surface area contributed by atoms with Crippen molar-refractivity contribution in [1.29, 1.82) is 0 Å². The second kappa shape index (κ2) is 13.3. The predicted octanol–water partition coefficient (Wildman–Crippen LogP) is 5.83. The van der Waals surface area contributed by atoms with Crippen LogP contribution in [0.4, 0.5) is 5.69 Å². The number of nitrogens with zero attached hydrogens (tertiary/aromatic N) is 2. The summed E-state index contributed by atoms with van der Waals surface area (Å²) in [7, 11) is -4.15. The maximum Gasteiger partial charge on any atom is 0.264 e. The highest BCUT2D eigenvalue weighted by molar-refractivity contribution is 7.92. The first-order valence-corrected chi connectivity index (χ1v) is 14.8. The molecule has 0 unspecified atom stereocenters. The van der Waals surface area contributed by atoms with Crippen LogP contribution in [0.5, 0.6) is 0 Å². The molecule has 0 aliphatic carbocycles. The smallest absolute Gasteiger partial charge is 0.264 e. The summed E-state index contributed by atoms with van der Waals surface area (Å²) in [4.78, 5) is 28.5. The topological polar surface area (TPSA) is 86.8 Å². The summed E-state index contributed by atoms with van der Waals surface area (Å²) in [6.07, 6.45) is 0.718. The Morgan fingerprint density at radius 2 is 1.59 bits per heavy atom. The largest absolute Gasteiger partial charge is 0.352 e. The average Bonchev–Trinajstić information content (AvgIpc) is 2.91. The molecule has 0 aromatic heterocycles. The van der Waals surface area contributed by atoms with E-state index in [1.165, 1.54) is 17.0 Å². The van der Waals surface area contributed by atoms with E-state index in [1.54, 1.807) is 74.5 Å². The van der Waals surface area contributed by atoms with Crippen LogP contribution < -0.4 is 9.62 Å². The predicted molar refractivity (Wildman–Crippen MR) is 157 cm³/mol. The van der Waals surface area contributed by atoms with Crippen LogP contribution in [0.15, 0.2) is 77.7 Å². The molecule has 0 heterocycles. The first-order chi connectivity index (χ1) is 18.4. The molecule has 3 rings (SSSR count). The molecule has 0 radical (unpaired) electrons. The number of aryl methyl sites for hydroxylation is 1. The van der Waals surface area contributed by atoms with Gasteiger partial charge in [-0.15, -0.1) is 0 Å². The minimum absolute atomic E-state index is 0.0203. The van der Waals surface area contributed by atoms with Crippen LogP contribution in [0, 0.1) is 6.92 Å². The molecule has 0 saturated heterocycles. The normalized spacial score (nSPS) is 12.9. The van der Waals surface area contributed by atoms with Gasteiger partial charge in [0.15, 0.2) is 0 Å². The van der Waals surface area contributed by atoms with E-state index in [2.05, 4.69) is 5.32 Å². The van der Waals surface area contributed by atoms with Crippen molar-refractivity contribution in [3.63, 3.8) is 0 Å². The number of carbonyl (C=O) groups excluding carboxylic acids is 2. The third-order valence-electron chi connectivity index (χ3n) is 6.50. The van der Waals surface area contributed by atoms with Gasteiger partial charge in [0, 0.05) is 22.6 Å². The summed E-state index contributed by atoms with van der Waals surface area (Å²) in [5, 5.41) is 3.79. The molecular weight excluding hydrogens is 557 g/mol. The Bertz CT molecular complexity index is 1420. The first kappa shape index (κ1) is 30.5. The van der Waals surface area contributed by atoms with Crippen LogP contribution in [0.25, 0.3) is 0 Å². The number of carbonyl (C=O) groups is 2. The number of hydrogen-bond donors (Lipinski definition) is 1. The van der Waals surface area contributed by atoms with Gasteiger partial charge in [0.2, 0.25) is 11.8 Å². The van der Waals surface area contributed by atoms with Crippen molar-refractivity contribution in [3.05, 3.63) is 94.0 Å². The van der Waals surface area contributed by atoms with Crippen LogP contribution in [0.2, 0.25) is 10.0 Å². The fourth-order valence-electron chi connectivity index (χ4n) is 3.99. The van der Waals surface area contributed by atoms with Gasteiger partial charge in [-0.2, -0.15) is 0 Å². The number of benzene rings is 3. The number of amides is 2. The molecule has 0 saturated carbocycles. The fourth-order valence-corrected chi connectivity index (χ4v) is 5.91. The van der Waals surface area contributed by atoms with E-state index in [1.807, 2.05) is 13.8 Å². The van der Waals surface area contributed by atoms with Crippen LogP contribution in [0.1, 0.15) is 38.3 Å². The van der Waals surface area contributed by atoms with Crippen LogP contribution in [-0.2, 0) is 26.2 Å². The summed E-state index contributed by atoms with van der Waals surface area (Å²) in [5.74, 6) is -0.902. The lowest BCUT2D eigenvalue weighted by Gasteiger charge is -2.33. The molecule has 3 aromatic carbocycles. The SMILES string of the molecule is CC[C@H](C)NC(=O)[C@H](C)N(Cc1ccccc1Cl)C(=O)CN(c1ccc(Cl)cc1C)S(=O)(=O)c1ccccc1. The number of rotatable bonds is 11. The summed E-state index contributed by atoms with van der Waals surface area (Å²) < 4.78 is 28.8. The molecule has 0 bridgehead atoms. The van der Waals surface area contributed by atoms with Crippen LogP contribution >= 0.6 is 23.2 Å². The van der Waals surface area contributed by atoms with Gasteiger partial charge in [0.25, 0.3) is 10.0 Å². The zero-order chi connectivity index (χ0) is 28.7. The molecule has 3 aromatic rings. The Hall–Kier alpha value is -3.07. The third kappa shape index (κ3) is 7.53. The number of anilines is 1. The Morgan fingerprint density at radius 1 is 0.949 bits per heavy atom. The van der Waals surface area contributed by atoms with Crippen molar-refractivity contribution >= 4 is 50.7 Å². The highest BCUT2D eigenvalue weighted by atomic mass is 35.5. The molecule has 2 atom stereocenters. The lowest BCUT2D eigenvalue weighted by molar-refractivity contribution is -0.139. The zero-order valence-electron chi connectivity index (χ0n) is 22.4. The average molecular weight is 591 g/mol. The van der Waals surface area contributed by atoms with E-state index in [-0.39, 0.29) is 23.4 Å². The van der Waals surface area contributed by atoms with E-state index in [4.69, 9.17) is 23.2 Å². The van der Waals surface area contributed by atoms with Crippen LogP contribution in [-0.4, -0.2) is 43.8 Å². The number of nitrogens with one attached hydrogen (secondary N) is 1. The van der Waals surface area contributed by atoms with Crippen LogP contribution in [0.3, 0.4) is 0 Å². The second-order valence-electron chi connectivity index (χ2n) is 9.36. The van der Waals surface area contributed by atoms with E-state index in [0.717, 1.165) is 10.7 Å². The molecule has 208 valence electrons. The van der Waals surface area contributed by atoms with Gasteiger partial charge in [-0.1, -0.05) is 66.5 Å². The Balaban J connectivity index is 2.06. The first-order valence-electron chi connectivity index (χ1n) is 12.6. The molecule has 10 heteroatoms. The molecule has 0 aliphatic rings. The summed E-state index contributed by atoms with van der Waals surface area (Å²) in [5.41, 5.74) is 1.52. The van der Waals surface area contributed by atoms with Crippen molar-refractivity contribution in [2.45, 2.75) is 57.6 Å². The van der Waals surface area contributed by atoms with E-state index >= 15 is 0 Å². The van der Waals surface area contributed by atoms with Gasteiger partial charge >= 0.3 is 0 Å². The quantitative estimate of drug-likeness (QED) is 0.305. The highest BCUT2D eigenvalue weighted by Gasteiger charge is 2.33. The van der Waals surface area contributed by atoms with Crippen molar-refractivity contribution < 1.29 is 18.0 Å². The maximum absolute atomic E-state index is 14.0. The summed E-state index contributed by atoms with van der Waals surface area (Å²) >= 11 is 12.5. The van der Waals surface area contributed by atoms with Gasteiger partial charge in [0.1, 0.15) is 12.6 Å².